The van der Waals surface area contributed by atoms with E-state index in [0.29, 0.717) is 23.4 Å². The molecule has 28 heavy (non-hydrogen) atoms. The summed E-state index contributed by atoms with van der Waals surface area (Å²) in [5, 5.41) is 5.42. The van der Waals surface area contributed by atoms with Gasteiger partial charge in [0.05, 0.1) is 4.90 Å². The van der Waals surface area contributed by atoms with Crippen LogP contribution in [0.25, 0.3) is 0 Å². The number of hydrogen-bond acceptors (Lipinski definition) is 4. The van der Waals surface area contributed by atoms with Crippen LogP contribution < -0.4 is 15.4 Å². The fraction of sp³-hybridized carbons (Fsp3) is 0.300. The fourth-order valence-corrected chi connectivity index (χ4v) is 3.84. The number of rotatable bonds is 6. The Bertz CT molecular complexity index is 944. The van der Waals surface area contributed by atoms with Crippen molar-refractivity contribution in [1.82, 2.24) is 10.0 Å². The molecule has 0 aromatic heterocycles. The van der Waals surface area contributed by atoms with Gasteiger partial charge in [-0.15, -0.1) is 0 Å². The minimum Gasteiger partial charge on any atom is -0.352 e. The second-order valence-electron chi connectivity index (χ2n) is 7.27. The minimum absolute atomic E-state index is 0.0882. The van der Waals surface area contributed by atoms with Gasteiger partial charge in [-0.05, 0) is 76.2 Å². The second-order valence-corrected chi connectivity index (χ2v) is 8.95. The lowest BCUT2D eigenvalue weighted by molar-refractivity contribution is 0.0955. The van der Waals surface area contributed by atoms with Gasteiger partial charge in [0.15, 0.2) is 0 Å². The molecule has 2 rings (SSSR count). The topological polar surface area (TPSA) is 104 Å². The average Bonchev–Trinajstić information content (AvgIpc) is 2.60. The molecular weight excluding hydrogens is 378 g/mol. The van der Waals surface area contributed by atoms with Crippen LogP contribution in [0.5, 0.6) is 0 Å². The first-order valence-electron chi connectivity index (χ1n) is 8.85. The summed E-state index contributed by atoms with van der Waals surface area (Å²) in [4.78, 5) is 24.2. The average molecular weight is 404 g/mol. The van der Waals surface area contributed by atoms with Crippen molar-refractivity contribution in [3.8, 4) is 0 Å². The Morgan fingerprint density at radius 3 is 1.86 bits per heavy atom. The van der Waals surface area contributed by atoms with Gasteiger partial charge >= 0.3 is 0 Å². The molecule has 0 aliphatic rings. The number of hydrogen-bond donors (Lipinski definition) is 3. The highest BCUT2D eigenvalue weighted by Gasteiger charge is 2.22. The molecular formula is C20H25N3O4S. The molecule has 7 nitrogen and oxygen atoms in total. The summed E-state index contributed by atoms with van der Waals surface area (Å²) in [6.07, 6.45) is 0. The molecule has 3 N–H and O–H groups in total. The molecule has 2 amide bonds. The monoisotopic (exact) mass is 403 g/mol. The summed E-state index contributed by atoms with van der Waals surface area (Å²) < 4.78 is 27.2. The van der Waals surface area contributed by atoms with E-state index in [9.17, 15) is 18.0 Å². The third-order valence-corrected chi connectivity index (χ3v) is 5.38. The minimum atomic E-state index is -3.66. The van der Waals surface area contributed by atoms with Gasteiger partial charge in [-0.25, -0.2) is 13.1 Å². The molecule has 0 atom stereocenters. The highest BCUT2D eigenvalue weighted by atomic mass is 32.2. The molecule has 8 heteroatoms. The zero-order chi connectivity index (χ0) is 20.9. The third-order valence-electron chi connectivity index (χ3n) is 3.61. The lowest BCUT2D eigenvalue weighted by Gasteiger charge is -2.20. The number of carbonyl (C=O) groups excluding carboxylic acids is 2. The first kappa shape index (κ1) is 21.6. The van der Waals surface area contributed by atoms with Crippen LogP contribution in [-0.4, -0.2) is 32.3 Å². The highest BCUT2D eigenvalue weighted by molar-refractivity contribution is 7.89. The van der Waals surface area contributed by atoms with Crippen molar-refractivity contribution < 1.29 is 18.0 Å². The van der Waals surface area contributed by atoms with Crippen molar-refractivity contribution in [2.45, 2.75) is 38.1 Å². The molecule has 0 aliphatic heterocycles. The summed E-state index contributed by atoms with van der Waals surface area (Å²) >= 11 is 0. The Hall–Kier alpha value is -2.71. The number of anilines is 1. The lowest BCUT2D eigenvalue weighted by Crippen LogP contribution is -2.40. The van der Waals surface area contributed by atoms with Crippen LogP contribution in [-0.2, 0) is 10.0 Å². The van der Waals surface area contributed by atoms with Gasteiger partial charge in [0.25, 0.3) is 11.8 Å². The zero-order valence-corrected chi connectivity index (χ0v) is 17.2. The van der Waals surface area contributed by atoms with Crippen molar-refractivity contribution >= 4 is 27.5 Å². The number of carbonyl (C=O) groups is 2. The van der Waals surface area contributed by atoms with E-state index < -0.39 is 15.6 Å². The molecule has 0 radical (unpaired) electrons. The summed E-state index contributed by atoms with van der Waals surface area (Å²) in [6.45, 7) is 7.63. The van der Waals surface area contributed by atoms with Gasteiger partial charge in [0.2, 0.25) is 10.0 Å². The maximum atomic E-state index is 12.4. The normalized spacial score (nSPS) is 11.7. The molecule has 0 fully saturated rings. The van der Waals surface area contributed by atoms with E-state index >= 15 is 0 Å². The predicted octanol–water partition coefficient (Wildman–Crippen LogP) is 2.77. The van der Waals surface area contributed by atoms with Crippen molar-refractivity contribution in [1.29, 1.82) is 0 Å². The van der Waals surface area contributed by atoms with Crippen molar-refractivity contribution in [3.63, 3.8) is 0 Å². The van der Waals surface area contributed by atoms with Gasteiger partial charge in [0.1, 0.15) is 0 Å². The van der Waals surface area contributed by atoms with E-state index in [1.54, 1.807) is 45.0 Å². The zero-order valence-electron chi connectivity index (χ0n) is 16.4. The molecule has 0 spiro atoms. The van der Waals surface area contributed by atoms with Crippen molar-refractivity contribution in [2.24, 2.45) is 0 Å². The van der Waals surface area contributed by atoms with Crippen LogP contribution in [0.4, 0.5) is 5.69 Å². The summed E-state index contributed by atoms with van der Waals surface area (Å²) in [5.41, 5.74) is 0.752. The molecule has 0 heterocycles. The third kappa shape index (κ3) is 5.90. The summed E-state index contributed by atoms with van der Waals surface area (Å²) in [7, 11) is -3.66. The molecule has 0 aliphatic carbocycles. The molecule has 0 bridgehead atoms. The van der Waals surface area contributed by atoms with Gasteiger partial charge < -0.3 is 10.6 Å². The Morgan fingerprint density at radius 2 is 1.36 bits per heavy atom. The van der Waals surface area contributed by atoms with Crippen LogP contribution in [0.3, 0.4) is 0 Å². The van der Waals surface area contributed by atoms with E-state index in [0.717, 1.165) is 0 Å². The summed E-state index contributed by atoms with van der Waals surface area (Å²) in [5.74, 6) is -0.556. The van der Waals surface area contributed by atoms with Gasteiger partial charge in [-0.2, -0.15) is 0 Å². The van der Waals surface area contributed by atoms with E-state index in [-0.39, 0.29) is 16.7 Å². The van der Waals surface area contributed by atoms with Gasteiger partial charge in [-0.1, -0.05) is 0 Å². The molecule has 0 saturated heterocycles. The quantitative estimate of drug-likeness (QED) is 0.690. The van der Waals surface area contributed by atoms with E-state index in [1.165, 1.54) is 24.3 Å². The number of sulfonamides is 1. The maximum absolute atomic E-state index is 12.4. The maximum Gasteiger partial charge on any atom is 0.255 e. The Kier molecular flexibility index (Phi) is 6.58. The van der Waals surface area contributed by atoms with Crippen LogP contribution >= 0.6 is 0 Å². The van der Waals surface area contributed by atoms with E-state index in [1.807, 2.05) is 6.92 Å². The molecule has 0 unspecified atom stereocenters. The largest absolute Gasteiger partial charge is 0.352 e. The Labute approximate surface area is 165 Å². The number of amides is 2. The molecule has 2 aromatic rings. The first-order valence-corrected chi connectivity index (χ1v) is 10.3. The first-order chi connectivity index (χ1) is 13.0. The molecule has 2 aromatic carbocycles. The van der Waals surface area contributed by atoms with Crippen LogP contribution in [0.2, 0.25) is 0 Å². The second kappa shape index (κ2) is 8.53. The number of nitrogens with one attached hydrogen (secondary N) is 3. The fourth-order valence-electron chi connectivity index (χ4n) is 2.42. The van der Waals surface area contributed by atoms with Crippen molar-refractivity contribution in [3.05, 3.63) is 59.7 Å². The van der Waals surface area contributed by atoms with Gasteiger partial charge in [0, 0.05) is 28.9 Å². The SMILES string of the molecule is CCNC(=O)c1ccc(NC(=O)c2ccc(S(=O)(=O)NC(C)(C)C)cc2)cc1. The van der Waals surface area contributed by atoms with Crippen molar-refractivity contribution in [2.75, 3.05) is 11.9 Å². The Balaban J connectivity index is 2.08. The smallest absolute Gasteiger partial charge is 0.255 e. The van der Waals surface area contributed by atoms with Crippen LogP contribution in [0, 0.1) is 0 Å². The Morgan fingerprint density at radius 1 is 0.857 bits per heavy atom. The van der Waals surface area contributed by atoms with E-state index in [4.69, 9.17) is 0 Å². The molecule has 150 valence electrons. The van der Waals surface area contributed by atoms with Crippen LogP contribution in [0.1, 0.15) is 48.4 Å². The van der Waals surface area contributed by atoms with E-state index in [2.05, 4.69) is 15.4 Å². The lowest BCUT2D eigenvalue weighted by atomic mass is 10.1. The standard InChI is InChI=1S/C20H25N3O4S/c1-5-21-18(24)14-6-10-16(11-7-14)22-19(25)15-8-12-17(13-9-15)28(26,27)23-20(2,3)4/h6-13,23H,5H2,1-4H3,(H,21,24)(H,22,25). The highest BCUT2D eigenvalue weighted by Crippen LogP contribution is 2.16. The van der Waals surface area contributed by atoms with Gasteiger partial charge in [-0.3, -0.25) is 9.59 Å². The predicted molar refractivity (Wildman–Crippen MR) is 109 cm³/mol. The summed E-state index contributed by atoms with van der Waals surface area (Å²) in [6, 6.07) is 12.2. The van der Waals surface area contributed by atoms with Crippen LogP contribution in [0.15, 0.2) is 53.4 Å². The number of benzene rings is 2. The molecule has 0 saturated carbocycles.